The minimum atomic E-state index is -0.609. The van der Waals surface area contributed by atoms with E-state index in [9.17, 15) is 9.59 Å². The Balaban J connectivity index is 1.19. The van der Waals surface area contributed by atoms with Crippen LogP contribution in [0.5, 0.6) is 11.5 Å². The van der Waals surface area contributed by atoms with E-state index in [1.165, 1.54) is 44.2 Å². The first-order valence-corrected chi connectivity index (χ1v) is 17.3. The molecule has 240 valence electrons. The summed E-state index contributed by atoms with van der Waals surface area (Å²) < 4.78 is 21.9. The van der Waals surface area contributed by atoms with Gasteiger partial charge in [-0.25, -0.2) is 4.39 Å². The monoisotopic (exact) mass is 633 g/mol. The third-order valence-electron chi connectivity index (χ3n) is 9.38. The predicted octanol–water partition coefficient (Wildman–Crippen LogP) is 7.16. The minimum absolute atomic E-state index is 0.00796. The van der Waals surface area contributed by atoms with E-state index in [2.05, 4.69) is 34.3 Å². The molecule has 1 atom stereocenters. The highest BCUT2D eigenvalue weighted by Gasteiger charge is 2.30. The van der Waals surface area contributed by atoms with Crippen molar-refractivity contribution in [2.45, 2.75) is 96.7 Å². The maximum Gasteiger partial charge on any atom is 0.254 e. The molecular formula is C35H44FN5O3S. The van der Waals surface area contributed by atoms with E-state index in [0.717, 1.165) is 41.5 Å². The lowest BCUT2D eigenvalue weighted by atomic mass is 9.92. The molecule has 0 spiro atoms. The van der Waals surface area contributed by atoms with Crippen LogP contribution in [-0.2, 0) is 11.3 Å². The molecular weight excluding hydrogens is 589 g/mol. The van der Waals surface area contributed by atoms with Gasteiger partial charge in [0.15, 0.2) is 0 Å². The number of amides is 2. The normalized spacial score (nSPS) is 20.2. The van der Waals surface area contributed by atoms with Crippen molar-refractivity contribution in [1.82, 2.24) is 25.3 Å². The fourth-order valence-corrected chi connectivity index (χ4v) is 7.66. The number of nitrogens with zero attached hydrogens (tertiary/aromatic N) is 4. The van der Waals surface area contributed by atoms with Gasteiger partial charge in [-0.3, -0.25) is 9.59 Å². The number of carbonyl (C=O) groups excluding carboxylic acids is 2. The summed E-state index contributed by atoms with van der Waals surface area (Å²) in [5, 5.41) is 13.5. The fraction of sp³-hybridized carbons (Fsp3) is 0.543. The van der Waals surface area contributed by atoms with Crippen molar-refractivity contribution in [3.63, 3.8) is 0 Å². The highest BCUT2D eigenvalue weighted by Crippen LogP contribution is 2.34. The Morgan fingerprint density at radius 1 is 1.07 bits per heavy atom. The van der Waals surface area contributed by atoms with Crippen LogP contribution in [0.25, 0.3) is 10.6 Å². The molecule has 2 saturated heterocycles. The summed E-state index contributed by atoms with van der Waals surface area (Å²) >= 11 is 1.56. The molecule has 0 bridgehead atoms. The molecule has 0 radical (unpaired) electrons. The minimum Gasteiger partial charge on any atom is -0.457 e. The van der Waals surface area contributed by atoms with E-state index in [-0.39, 0.29) is 30.0 Å². The maximum absolute atomic E-state index is 15.6. The third-order valence-corrected chi connectivity index (χ3v) is 10.7. The molecule has 3 aromatic rings. The van der Waals surface area contributed by atoms with Crippen molar-refractivity contribution in [2.75, 3.05) is 19.6 Å². The van der Waals surface area contributed by atoms with Crippen LogP contribution in [0.2, 0.25) is 0 Å². The Hall–Kier alpha value is -3.37. The van der Waals surface area contributed by atoms with Crippen molar-refractivity contribution in [3.8, 4) is 22.1 Å². The smallest absolute Gasteiger partial charge is 0.254 e. The first-order chi connectivity index (χ1) is 21.7. The van der Waals surface area contributed by atoms with Crippen LogP contribution in [0.15, 0.2) is 36.4 Å². The topological polar surface area (TPSA) is 87.7 Å². The molecule has 45 heavy (non-hydrogen) atoms. The van der Waals surface area contributed by atoms with Crippen LogP contribution in [0, 0.1) is 11.7 Å². The van der Waals surface area contributed by atoms with Crippen molar-refractivity contribution < 1.29 is 18.7 Å². The van der Waals surface area contributed by atoms with Gasteiger partial charge in [-0.1, -0.05) is 51.4 Å². The second-order valence-corrected chi connectivity index (χ2v) is 14.3. The van der Waals surface area contributed by atoms with Gasteiger partial charge in [0.05, 0.1) is 5.56 Å². The fourth-order valence-electron chi connectivity index (χ4n) is 6.81. The number of aromatic nitrogens is 2. The van der Waals surface area contributed by atoms with Gasteiger partial charge in [-0.2, -0.15) is 0 Å². The average Bonchev–Trinajstić information content (AvgIpc) is 3.66. The van der Waals surface area contributed by atoms with E-state index >= 15 is 4.39 Å². The van der Waals surface area contributed by atoms with Crippen LogP contribution < -0.4 is 10.1 Å². The predicted molar refractivity (Wildman–Crippen MR) is 174 cm³/mol. The molecule has 3 heterocycles. The molecule has 1 saturated carbocycles. The molecule has 3 aliphatic rings. The summed E-state index contributed by atoms with van der Waals surface area (Å²) in [5.41, 5.74) is 1.41. The molecule has 1 aromatic heterocycles. The largest absolute Gasteiger partial charge is 0.457 e. The summed E-state index contributed by atoms with van der Waals surface area (Å²) in [7, 11) is 0. The molecule has 8 nitrogen and oxygen atoms in total. The molecule has 3 fully saturated rings. The molecule has 1 N–H and O–H groups in total. The van der Waals surface area contributed by atoms with Crippen molar-refractivity contribution >= 4 is 23.2 Å². The summed E-state index contributed by atoms with van der Waals surface area (Å²) in [4.78, 5) is 30.3. The van der Waals surface area contributed by atoms with Crippen molar-refractivity contribution in [2.24, 2.45) is 5.92 Å². The zero-order chi connectivity index (χ0) is 31.5. The molecule has 1 unspecified atom stereocenters. The molecule has 2 amide bonds. The van der Waals surface area contributed by atoms with Crippen LogP contribution in [0.3, 0.4) is 0 Å². The number of benzene rings is 2. The van der Waals surface area contributed by atoms with Gasteiger partial charge < -0.3 is 19.9 Å². The Morgan fingerprint density at radius 2 is 1.80 bits per heavy atom. The first-order valence-electron chi connectivity index (χ1n) is 16.5. The Kier molecular flexibility index (Phi) is 9.80. The number of likely N-dealkylation sites (tertiary alicyclic amines) is 2. The lowest BCUT2D eigenvalue weighted by molar-refractivity contribution is -0.128. The number of halogens is 1. The summed E-state index contributed by atoms with van der Waals surface area (Å²) in [6, 6.07) is 11.0. The van der Waals surface area contributed by atoms with Crippen LogP contribution in [0.4, 0.5) is 4.39 Å². The van der Waals surface area contributed by atoms with Gasteiger partial charge in [-0.15, -0.1) is 10.2 Å². The van der Waals surface area contributed by atoms with Crippen molar-refractivity contribution in [3.05, 3.63) is 58.3 Å². The number of ether oxygens (including phenoxy) is 1. The molecule has 10 heteroatoms. The second kappa shape index (κ2) is 14.0. The van der Waals surface area contributed by atoms with Crippen molar-refractivity contribution in [1.29, 1.82) is 0 Å². The van der Waals surface area contributed by atoms with Gasteiger partial charge in [0.2, 0.25) is 5.91 Å². The second-order valence-electron chi connectivity index (χ2n) is 13.3. The Morgan fingerprint density at radius 3 is 2.44 bits per heavy atom. The third kappa shape index (κ3) is 7.55. The van der Waals surface area contributed by atoms with E-state index < -0.39 is 11.7 Å². The zero-order valence-electron chi connectivity index (χ0n) is 26.6. The summed E-state index contributed by atoms with van der Waals surface area (Å²) in [6.45, 7) is 8.96. The average molecular weight is 634 g/mol. The van der Waals surface area contributed by atoms with Gasteiger partial charge >= 0.3 is 0 Å². The lowest BCUT2D eigenvalue weighted by Gasteiger charge is -2.39. The van der Waals surface area contributed by atoms with Gasteiger partial charge in [0.1, 0.15) is 27.3 Å². The standard InChI is InChI=1S/C35H44FN5O3S/c1-22(2)34-38-39-35(45-34)24-9-11-28(12-10-24)44-31-19-29(30(36)18-25(31)21-41-20-23(3)17-32(41)42)33(43)37-26-13-15-40(16-14-26)27-7-5-4-6-8-27/h9-12,18-19,22-23,26-27H,4-8,13-17,20-21H2,1-3H3,(H,37,43). The van der Waals surface area contributed by atoms with Crippen LogP contribution in [-0.4, -0.2) is 63.5 Å². The SMILES string of the molecule is CC1CC(=O)N(Cc2cc(F)c(C(=O)NC3CCN(C4CCCCC4)CC3)cc2Oc2ccc(-c3nnc(C(C)C)s3)cc2)C1. The highest BCUT2D eigenvalue weighted by molar-refractivity contribution is 7.14. The first kappa shape index (κ1) is 31.6. The molecule has 6 rings (SSSR count). The number of rotatable bonds is 9. The van der Waals surface area contributed by atoms with E-state index in [1.54, 1.807) is 16.2 Å². The Labute approximate surface area is 269 Å². The number of hydrogen-bond donors (Lipinski definition) is 1. The maximum atomic E-state index is 15.6. The van der Waals surface area contributed by atoms with Gasteiger partial charge in [0.25, 0.3) is 5.91 Å². The number of carbonyl (C=O) groups is 2. The van der Waals surface area contributed by atoms with Gasteiger partial charge in [-0.05, 0) is 68.0 Å². The number of nitrogens with one attached hydrogen (secondary N) is 1. The molecule has 2 aromatic carbocycles. The zero-order valence-corrected chi connectivity index (χ0v) is 27.4. The van der Waals surface area contributed by atoms with Crippen LogP contribution in [0.1, 0.15) is 99.0 Å². The summed E-state index contributed by atoms with van der Waals surface area (Å²) in [6.07, 6.45) is 8.68. The van der Waals surface area contributed by atoms with E-state index in [0.29, 0.717) is 42.0 Å². The molecule has 1 aliphatic carbocycles. The van der Waals surface area contributed by atoms with E-state index in [1.807, 2.05) is 31.2 Å². The Bertz CT molecular complexity index is 1500. The highest BCUT2D eigenvalue weighted by atomic mass is 32.1. The summed E-state index contributed by atoms with van der Waals surface area (Å²) in [5.74, 6) is 0.458. The van der Waals surface area contributed by atoms with Crippen LogP contribution >= 0.6 is 11.3 Å². The lowest BCUT2D eigenvalue weighted by Crippen LogP contribution is -2.48. The van der Waals surface area contributed by atoms with E-state index in [4.69, 9.17) is 4.74 Å². The number of hydrogen-bond acceptors (Lipinski definition) is 7. The quantitative estimate of drug-likeness (QED) is 0.269. The number of piperidine rings is 1. The molecule has 2 aliphatic heterocycles. The van der Waals surface area contributed by atoms with Gasteiger partial charge in [0, 0.05) is 61.7 Å².